The minimum Gasteiger partial charge on any atom is -0.485 e. The monoisotopic (exact) mass is 575 g/mol. The van der Waals surface area contributed by atoms with Crippen LogP contribution in [0.1, 0.15) is 25.2 Å². The van der Waals surface area contributed by atoms with E-state index < -0.39 is 61.6 Å². The third-order valence-electron chi connectivity index (χ3n) is 7.86. The molecule has 4 heterocycles. The van der Waals surface area contributed by atoms with Gasteiger partial charge >= 0.3 is 0 Å². The number of quaternary nitrogens is 1. The number of aryl methyl sites for hydroxylation is 1. The number of allylic oxidation sites excluding steroid dienone is 1. The van der Waals surface area contributed by atoms with Gasteiger partial charge in [0.1, 0.15) is 66.0 Å². The quantitative estimate of drug-likeness (QED) is 0.122. The highest BCUT2D eigenvalue weighted by molar-refractivity contribution is 5.80. The Hall–Kier alpha value is -2.98. The Labute approximate surface area is 234 Å². The van der Waals surface area contributed by atoms with Gasteiger partial charge in [-0.1, -0.05) is 0 Å². The second-order valence-corrected chi connectivity index (χ2v) is 11.2. The Morgan fingerprint density at radius 2 is 2.00 bits per heavy atom. The SMILES string of the molecule is Cc1cc(=O)c2cc3c(cc2o1)OC(C)(C)[C@H](OOC[C@H](O)[C@](O)(C[NH+]1C2=CC=NC2=CC1O)[C@H](O)[C@H](O)CO)C3. The number of aliphatic imine (C=N–C) groups is 1. The van der Waals surface area contributed by atoms with E-state index in [1.54, 1.807) is 39.0 Å². The second-order valence-electron chi connectivity index (χ2n) is 11.2. The van der Waals surface area contributed by atoms with Crippen molar-refractivity contribution in [3.05, 3.63) is 63.3 Å². The van der Waals surface area contributed by atoms with Crippen molar-refractivity contribution in [1.82, 2.24) is 0 Å². The van der Waals surface area contributed by atoms with Crippen LogP contribution in [0.15, 0.2) is 55.9 Å². The van der Waals surface area contributed by atoms with Crippen LogP contribution in [-0.2, 0) is 16.2 Å². The zero-order chi connectivity index (χ0) is 29.7. The van der Waals surface area contributed by atoms with Gasteiger partial charge in [0.05, 0.1) is 12.0 Å². The number of nitrogens with zero attached hydrogens (tertiary/aromatic N) is 1. The van der Waals surface area contributed by atoms with Crippen LogP contribution in [0.4, 0.5) is 0 Å². The van der Waals surface area contributed by atoms with Crippen LogP contribution in [0.25, 0.3) is 11.0 Å². The Bertz CT molecular complexity index is 1460. The van der Waals surface area contributed by atoms with Crippen LogP contribution < -0.4 is 15.1 Å². The smallest absolute Gasteiger partial charge is 0.216 e. The maximum Gasteiger partial charge on any atom is 0.216 e. The summed E-state index contributed by atoms with van der Waals surface area (Å²) < 4.78 is 11.8. The summed E-state index contributed by atoms with van der Waals surface area (Å²) in [5.74, 6) is 1.00. The number of aliphatic hydroxyl groups is 6. The maximum atomic E-state index is 12.5. The normalized spacial score (nSPS) is 26.4. The predicted octanol–water partition coefficient (Wildman–Crippen LogP) is -1.99. The van der Waals surface area contributed by atoms with Crippen LogP contribution in [0.2, 0.25) is 0 Å². The molecule has 0 bridgehead atoms. The Morgan fingerprint density at radius 3 is 2.73 bits per heavy atom. The third kappa shape index (κ3) is 5.48. The molecule has 2 unspecified atom stereocenters. The van der Waals surface area contributed by atoms with Crippen molar-refractivity contribution in [1.29, 1.82) is 0 Å². The summed E-state index contributed by atoms with van der Waals surface area (Å²) in [4.78, 5) is 27.8. The summed E-state index contributed by atoms with van der Waals surface area (Å²) in [6.07, 6.45) is -2.60. The number of hydrogen-bond acceptors (Lipinski definition) is 12. The second kappa shape index (κ2) is 11.0. The average molecular weight is 576 g/mol. The maximum absolute atomic E-state index is 12.5. The molecule has 13 nitrogen and oxygen atoms in total. The number of fused-ring (bicyclic) bond motifs is 3. The van der Waals surface area contributed by atoms with Gasteiger partial charge in [-0.15, -0.1) is 0 Å². The summed E-state index contributed by atoms with van der Waals surface area (Å²) in [6.45, 7) is 3.23. The molecule has 0 saturated carbocycles. The van der Waals surface area contributed by atoms with Crippen molar-refractivity contribution in [2.24, 2.45) is 4.99 Å². The standard InChI is InChI=1S/C28H34N2O11/c1-14-6-19(32)16-7-15-8-24(27(2,3)40-21(15)10-22(16)39-14)41-38-12-23(34)28(37,26(36)20(33)11-31)13-30-18-4-5-29-17(18)9-25(30)35/h4-7,9-10,20,23-26,31,33-37H,8,11-13H2,1-3H3/p+1/t20-,23+,24-,25?,26-,28-/m1/s1. The number of ether oxygens (including phenoxy) is 1. The Kier molecular flexibility index (Phi) is 7.93. The number of benzene rings is 1. The number of aliphatic hydroxyl groups excluding tert-OH is 5. The molecule has 3 aliphatic heterocycles. The molecule has 7 N–H and O–H groups in total. The van der Waals surface area contributed by atoms with Crippen LogP contribution in [0.5, 0.6) is 5.75 Å². The minimum atomic E-state index is -2.45. The van der Waals surface area contributed by atoms with E-state index in [1.807, 2.05) is 0 Å². The molecule has 41 heavy (non-hydrogen) atoms. The molecule has 5 rings (SSSR count). The number of hydrogen-bond donors (Lipinski definition) is 7. The van der Waals surface area contributed by atoms with E-state index in [-0.39, 0.29) is 16.7 Å². The topological polar surface area (TPSA) is 196 Å². The van der Waals surface area contributed by atoms with Crippen molar-refractivity contribution in [2.45, 2.75) is 69.0 Å². The highest BCUT2D eigenvalue weighted by Gasteiger charge is 2.52. The molecular formula is C28H35N2O11+. The van der Waals surface area contributed by atoms with E-state index in [4.69, 9.17) is 18.9 Å². The van der Waals surface area contributed by atoms with E-state index in [0.717, 1.165) is 0 Å². The first-order valence-electron chi connectivity index (χ1n) is 13.3. The molecule has 0 spiro atoms. The molecule has 2 aromatic rings. The minimum absolute atomic E-state index is 0.191. The molecule has 222 valence electrons. The molecule has 0 amide bonds. The fourth-order valence-corrected chi connectivity index (χ4v) is 5.40. The molecule has 0 saturated heterocycles. The highest BCUT2D eigenvalue weighted by Crippen LogP contribution is 2.37. The van der Waals surface area contributed by atoms with E-state index >= 15 is 0 Å². The Balaban J connectivity index is 1.30. The fourth-order valence-electron chi connectivity index (χ4n) is 5.40. The lowest BCUT2D eigenvalue weighted by molar-refractivity contribution is -0.903. The molecular weight excluding hydrogens is 540 g/mol. The van der Waals surface area contributed by atoms with Gasteiger partial charge in [-0.25, -0.2) is 9.78 Å². The van der Waals surface area contributed by atoms with Crippen molar-refractivity contribution >= 4 is 17.2 Å². The summed E-state index contributed by atoms with van der Waals surface area (Å²) in [5, 5.41) is 63.6. The first-order valence-corrected chi connectivity index (χ1v) is 13.3. The van der Waals surface area contributed by atoms with Gasteiger partial charge < -0.3 is 39.8 Å². The average Bonchev–Trinajstić information content (AvgIpc) is 3.48. The van der Waals surface area contributed by atoms with Gasteiger partial charge in [-0.05, 0) is 32.4 Å². The largest absolute Gasteiger partial charge is 0.485 e. The molecule has 0 aliphatic carbocycles. The Morgan fingerprint density at radius 1 is 1.24 bits per heavy atom. The summed E-state index contributed by atoms with van der Waals surface area (Å²) in [5.41, 5.74) is -1.46. The van der Waals surface area contributed by atoms with Gasteiger partial charge in [0.2, 0.25) is 6.23 Å². The van der Waals surface area contributed by atoms with Gasteiger partial charge in [0.25, 0.3) is 0 Å². The highest BCUT2D eigenvalue weighted by atomic mass is 17.2. The zero-order valence-corrected chi connectivity index (χ0v) is 22.9. The molecule has 0 fully saturated rings. The molecule has 13 heteroatoms. The lowest BCUT2D eigenvalue weighted by Gasteiger charge is -2.40. The van der Waals surface area contributed by atoms with Crippen molar-refractivity contribution < 1.29 is 54.5 Å². The van der Waals surface area contributed by atoms with Gasteiger partial charge in [0, 0.05) is 36.9 Å². The first kappa shape index (κ1) is 29.5. The summed E-state index contributed by atoms with van der Waals surface area (Å²) in [6, 6.07) is 4.74. The molecule has 1 aromatic carbocycles. The molecule has 0 radical (unpaired) electrons. The van der Waals surface area contributed by atoms with E-state index in [2.05, 4.69) is 4.99 Å². The molecule has 1 aromatic heterocycles. The third-order valence-corrected chi connectivity index (χ3v) is 7.86. The van der Waals surface area contributed by atoms with Crippen LogP contribution in [-0.4, -0.2) is 98.5 Å². The van der Waals surface area contributed by atoms with E-state index in [9.17, 15) is 35.4 Å². The summed E-state index contributed by atoms with van der Waals surface area (Å²) >= 11 is 0. The lowest BCUT2D eigenvalue weighted by atomic mass is 9.86. The van der Waals surface area contributed by atoms with E-state index in [0.29, 0.717) is 39.4 Å². The summed E-state index contributed by atoms with van der Waals surface area (Å²) in [7, 11) is 0. The van der Waals surface area contributed by atoms with Gasteiger partial charge in [-0.3, -0.25) is 14.7 Å². The zero-order valence-electron chi connectivity index (χ0n) is 22.9. The first-order chi connectivity index (χ1) is 19.3. The van der Waals surface area contributed by atoms with Crippen LogP contribution in [0.3, 0.4) is 0 Å². The number of rotatable bonds is 10. The van der Waals surface area contributed by atoms with Crippen LogP contribution >= 0.6 is 0 Å². The van der Waals surface area contributed by atoms with Crippen molar-refractivity contribution in [2.75, 3.05) is 19.8 Å². The molecule has 3 aliphatic rings. The van der Waals surface area contributed by atoms with E-state index in [1.165, 1.54) is 18.4 Å². The van der Waals surface area contributed by atoms with Crippen molar-refractivity contribution in [3.8, 4) is 5.75 Å². The predicted molar refractivity (Wildman–Crippen MR) is 143 cm³/mol. The fraction of sp³-hybridized carbons (Fsp3) is 0.500. The lowest BCUT2D eigenvalue weighted by Crippen LogP contribution is -3.15. The number of nitrogens with one attached hydrogen (secondary N) is 1. The van der Waals surface area contributed by atoms with Gasteiger partial charge in [0.15, 0.2) is 16.7 Å². The van der Waals surface area contributed by atoms with Crippen molar-refractivity contribution in [3.63, 3.8) is 0 Å². The van der Waals surface area contributed by atoms with Crippen LogP contribution in [0, 0.1) is 6.92 Å². The molecule has 7 atom stereocenters. The van der Waals surface area contributed by atoms with Gasteiger partial charge in [-0.2, -0.15) is 0 Å².